The Morgan fingerprint density at radius 2 is 2.00 bits per heavy atom. The first-order valence-electron chi connectivity index (χ1n) is 8.84. The minimum atomic E-state index is 0.294. The standard InChI is InChI=1S/C19H26Cl2N2OS/c1-2-3-4-5-6-11-24-14-17(13-23-10-9-22-15-23)25-16-7-8-18(20)19(21)12-16/h7-10,12,15,17H,2-6,11,13-14H2,1H3. The first kappa shape index (κ1) is 20.6. The summed E-state index contributed by atoms with van der Waals surface area (Å²) < 4.78 is 8.02. The van der Waals surface area contributed by atoms with Crippen LogP contribution in [-0.4, -0.2) is 28.0 Å². The summed E-state index contributed by atoms with van der Waals surface area (Å²) in [6, 6.07) is 5.76. The molecule has 3 nitrogen and oxygen atoms in total. The van der Waals surface area contributed by atoms with E-state index >= 15 is 0 Å². The molecule has 0 fully saturated rings. The fraction of sp³-hybridized carbons (Fsp3) is 0.526. The molecule has 1 heterocycles. The van der Waals surface area contributed by atoms with Crippen molar-refractivity contribution in [3.63, 3.8) is 0 Å². The van der Waals surface area contributed by atoms with Crippen molar-refractivity contribution in [3.05, 3.63) is 47.0 Å². The quantitative estimate of drug-likeness (QED) is 0.307. The average molecular weight is 401 g/mol. The topological polar surface area (TPSA) is 27.1 Å². The van der Waals surface area contributed by atoms with Crippen LogP contribution in [0, 0.1) is 0 Å². The Morgan fingerprint density at radius 3 is 2.72 bits per heavy atom. The number of hydrogen-bond acceptors (Lipinski definition) is 3. The molecule has 6 heteroatoms. The van der Waals surface area contributed by atoms with E-state index in [0.717, 1.165) is 24.5 Å². The third-order valence-corrected chi connectivity index (χ3v) is 5.75. The molecule has 0 saturated heterocycles. The third-order valence-electron chi connectivity index (χ3n) is 3.86. The Bertz CT molecular complexity index is 607. The summed E-state index contributed by atoms with van der Waals surface area (Å²) in [4.78, 5) is 5.22. The van der Waals surface area contributed by atoms with Crippen LogP contribution in [0.3, 0.4) is 0 Å². The molecule has 0 saturated carbocycles. The first-order valence-corrected chi connectivity index (χ1v) is 10.5. The largest absolute Gasteiger partial charge is 0.380 e. The molecule has 1 aromatic heterocycles. The zero-order valence-corrected chi connectivity index (χ0v) is 17.0. The Balaban J connectivity index is 1.83. The van der Waals surface area contributed by atoms with Crippen molar-refractivity contribution in [2.75, 3.05) is 13.2 Å². The highest BCUT2D eigenvalue weighted by Crippen LogP contribution is 2.31. The molecule has 0 N–H and O–H groups in total. The van der Waals surface area contributed by atoms with Gasteiger partial charge in [0, 0.05) is 30.4 Å². The molecule has 138 valence electrons. The van der Waals surface area contributed by atoms with E-state index in [1.54, 1.807) is 18.0 Å². The molecule has 0 aliphatic rings. The van der Waals surface area contributed by atoms with Crippen molar-refractivity contribution in [2.45, 2.75) is 55.7 Å². The van der Waals surface area contributed by atoms with Gasteiger partial charge in [0.15, 0.2) is 0 Å². The second-order valence-corrected chi connectivity index (χ2v) is 8.25. The van der Waals surface area contributed by atoms with Gasteiger partial charge in [-0.15, -0.1) is 11.8 Å². The molecular weight excluding hydrogens is 375 g/mol. The monoisotopic (exact) mass is 400 g/mol. The fourth-order valence-corrected chi connectivity index (χ4v) is 4.01. The summed E-state index contributed by atoms with van der Waals surface area (Å²) in [6.07, 6.45) is 11.9. The lowest BCUT2D eigenvalue weighted by molar-refractivity contribution is 0.128. The number of imidazole rings is 1. The summed E-state index contributed by atoms with van der Waals surface area (Å²) in [5.41, 5.74) is 0. The van der Waals surface area contributed by atoms with Crippen LogP contribution >= 0.6 is 35.0 Å². The van der Waals surface area contributed by atoms with Crippen LogP contribution in [0.25, 0.3) is 0 Å². The number of halogens is 2. The molecule has 0 bridgehead atoms. The van der Waals surface area contributed by atoms with Crippen LogP contribution in [0.1, 0.15) is 39.0 Å². The maximum absolute atomic E-state index is 6.14. The molecule has 25 heavy (non-hydrogen) atoms. The SMILES string of the molecule is CCCCCCCOCC(Cn1ccnc1)Sc1ccc(Cl)c(Cl)c1. The van der Waals surface area contributed by atoms with E-state index in [0.29, 0.717) is 21.9 Å². The summed E-state index contributed by atoms with van der Waals surface area (Å²) in [5.74, 6) is 0. The summed E-state index contributed by atoms with van der Waals surface area (Å²) >= 11 is 13.9. The summed E-state index contributed by atoms with van der Waals surface area (Å²) in [7, 11) is 0. The van der Waals surface area contributed by atoms with E-state index in [4.69, 9.17) is 27.9 Å². The minimum Gasteiger partial charge on any atom is -0.380 e. The van der Waals surface area contributed by atoms with Crippen LogP contribution in [0.4, 0.5) is 0 Å². The number of unbranched alkanes of at least 4 members (excludes halogenated alkanes) is 4. The number of nitrogens with zero attached hydrogens (tertiary/aromatic N) is 2. The van der Waals surface area contributed by atoms with E-state index in [2.05, 4.69) is 16.5 Å². The highest BCUT2D eigenvalue weighted by atomic mass is 35.5. The van der Waals surface area contributed by atoms with Gasteiger partial charge in [-0.25, -0.2) is 4.98 Å². The maximum atomic E-state index is 6.14. The average Bonchev–Trinajstić information content (AvgIpc) is 3.10. The number of ether oxygens (including phenoxy) is 1. The molecule has 1 atom stereocenters. The van der Waals surface area contributed by atoms with Gasteiger partial charge in [-0.3, -0.25) is 0 Å². The smallest absolute Gasteiger partial charge is 0.0946 e. The third kappa shape index (κ3) is 8.04. The van der Waals surface area contributed by atoms with Crippen molar-refractivity contribution in [1.29, 1.82) is 0 Å². The Hall–Kier alpha value is -0.680. The van der Waals surface area contributed by atoms with E-state index in [9.17, 15) is 0 Å². The molecule has 0 aliphatic heterocycles. The normalized spacial score (nSPS) is 12.4. The molecule has 0 radical (unpaired) electrons. The highest BCUT2D eigenvalue weighted by molar-refractivity contribution is 8.00. The molecule has 0 amide bonds. The van der Waals surface area contributed by atoms with Gasteiger partial charge in [0.05, 0.1) is 28.2 Å². The van der Waals surface area contributed by atoms with Crippen molar-refractivity contribution in [2.24, 2.45) is 0 Å². The zero-order chi connectivity index (χ0) is 17.9. The molecule has 1 unspecified atom stereocenters. The van der Waals surface area contributed by atoms with Gasteiger partial charge in [0.2, 0.25) is 0 Å². The van der Waals surface area contributed by atoms with Gasteiger partial charge >= 0.3 is 0 Å². The number of benzene rings is 1. The number of thioether (sulfide) groups is 1. The second kappa shape index (κ2) is 11.8. The molecule has 2 rings (SSSR count). The van der Waals surface area contributed by atoms with Gasteiger partial charge in [-0.1, -0.05) is 55.8 Å². The predicted molar refractivity (Wildman–Crippen MR) is 108 cm³/mol. The van der Waals surface area contributed by atoms with Gasteiger partial charge in [0.25, 0.3) is 0 Å². The number of rotatable bonds is 12. The molecular formula is C19H26Cl2N2OS. The zero-order valence-electron chi connectivity index (χ0n) is 14.7. The lowest BCUT2D eigenvalue weighted by Crippen LogP contribution is -2.19. The first-order chi connectivity index (χ1) is 12.2. The van der Waals surface area contributed by atoms with Crippen LogP contribution in [0.2, 0.25) is 10.0 Å². The summed E-state index contributed by atoms with van der Waals surface area (Å²) in [5, 5.41) is 1.47. The van der Waals surface area contributed by atoms with Crippen molar-refractivity contribution < 1.29 is 4.74 Å². The predicted octanol–water partition coefficient (Wildman–Crippen LogP) is 6.34. The van der Waals surface area contributed by atoms with Crippen LogP contribution < -0.4 is 0 Å². The van der Waals surface area contributed by atoms with Gasteiger partial charge < -0.3 is 9.30 Å². The molecule has 1 aromatic carbocycles. The maximum Gasteiger partial charge on any atom is 0.0946 e. The van der Waals surface area contributed by atoms with E-state index in [1.807, 2.05) is 30.7 Å². The molecule has 0 spiro atoms. The van der Waals surface area contributed by atoms with Gasteiger partial charge in [-0.2, -0.15) is 0 Å². The van der Waals surface area contributed by atoms with Crippen molar-refractivity contribution in [3.8, 4) is 0 Å². The van der Waals surface area contributed by atoms with E-state index < -0.39 is 0 Å². The van der Waals surface area contributed by atoms with E-state index in [1.165, 1.54) is 25.7 Å². The lowest BCUT2D eigenvalue weighted by Gasteiger charge is -2.18. The molecule has 0 aliphatic carbocycles. The summed E-state index contributed by atoms with van der Waals surface area (Å²) in [6.45, 7) is 4.61. The Kier molecular flexibility index (Phi) is 9.77. The lowest BCUT2D eigenvalue weighted by atomic mass is 10.2. The van der Waals surface area contributed by atoms with Crippen LogP contribution in [0.5, 0.6) is 0 Å². The van der Waals surface area contributed by atoms with Crippen LogP contribution in [0.15, 0.2) is 41.8 Å². The van der Waals surface area contributed by atoms with E-state index in [-0.39, 0.29) is 0 Å². The Morgan fingerprint density at radius 1 is 1.16 bits per heavy atom. The molecule has 2 aromatic rings. The van der Waals surface area contributed by atoms with Crippen molar-refractivity contribution in [1.82, 2.24) is 9.55 Å². The van der Waals surface area contributed by atoms with Crippen molar-refractivity contribution >= 4 is 35.0 Å². The number of aromatic nitrogens is 2. The van der Waals surface area contributed by atoms with Gasteiger partial charge in [0.1, 0.15) is 0 Å². The number of hydrogen-bond donors (Lipinski definition) is 0. The Labute approximate surface area is 165 Å². The fourth-order valence-electron chi connectivity index (χ4n) is 2.52. The van der Waals surface area contributed by atoms with Gasteiger partial charge in [-0.05, 0) is 24.6 Å². The highest BCUT2D eigenvalue weighted by Gasteiger charge is 2.13. The van der Waals surface area contributed by atoms with Crippen LogP contribution in [-0.2, 0) is 11.3 Å². The second-order valence-electron chi connectivity index (χ2n) is 6.06. The minimum absolute atomic E-state index is 0.294.